The van der Waals surface area contributed by atoms with Crippen molar-refractivity contribution in [1.82, 2.24) is 20.4 Å². The Hall–Kier alpha value is -2.00. The summed E-state index contributed by atoms with van der Waals surface area (Å²) in [4.78, 5) is 13.9. The fourth-order valence-corrected chi connectivity index (χ4v) is 3.83. The molecule has 0 aliphatic carbocycles. The van der Waals surface area contributed by atoms with E-state index in [1.54, 1.807) is 4.90 Å². The Labute approximate surface area is 159 Å². The van der Waals surface area contributed by atoms with E-state index in [1.807, 2.05) is 31.2 Å². The lowest BCUT2D eigenvalue weighted by atomic mass is 9.98. The van der Waals surface area contributed by atoms with Crippen molar-refractivity contribution in [1.29, 1.82) is 0 Å². The average molecular weight is 398 g/mol. The first-order valence-electron chi connectivity index (χ1n) is 8.76. The second-order valence-corrected chi connectivity index (χ2v) is 7.85. The van der Waals surface area contributed by atoms with Gasteiger partial charge in [0.1, 0.15) is 5.01 Å². The molecule has 1 saturated heterocycles. The van der Waals surface area contributed by atoms with Crippen LogP contribution in [0.1, 0.15) is 38.8 Å². The van der Waals surface area contributed by atoms with Crippen LogP contribution in [0.4, 0.5) is 13.2 Å². The van der Waals surface area contributed by atoms with Crippen LogP contribution >= 0.6 is 11.3 Å². The van der Waals surface area contributed by atoms with E-state index < -0.39 is 12.1 Å². The second-order valence-electron chi connectivity index (χ2n) is 6.79. The van der Waals surface area contributed by atoms with Crippen LogP contribution in [0.15, 0.2) is 24.3 Å². The predicted molar refractivity (Wildman–Crippen MR) is 96.3 cm³/mol. The summed E-state index contributed by atoms with van der Waals surface area (Å²) in [5.41, 5.74) is 2.12. The number of alkyl halides is 3. The van der Waals surface area contributed by atoms with E-state index >= 15 is 0 Å². The molecule has 1 amide bonds. The molecule has 5 nitrogen and oxygen atoms in total. The Morgan fingerprint density at radius 1 is 1.30 bits per heavy atom. The van der Waals surface area contributed by atoms with Crippen molar-refractivity contribution in [2.75, 3.05) is 13.1 Å². The van der Waals surface area contributed by atoms with Gasteiger partial charge in [0.15, 0.2) is 0 Å². The van der Waals surface area contributed by atoms with Gasteiger partial charge in [0.25, 0.3) is 5.91 Å². The zero-order valence-electron chi connectivity index (χ0n) is 14.9. The Morgan fingerprint density at radius 2 is 2.04 bits per heavy atom. The summed E-state index contributed by atoms with van der Waals surface area (Å²) in [5.74, 6) is -1.62. The van der Waals surface area contributed by atoms with Crippen LogP contribution in [-0.4, -0.2) is 40.3 Å². The van der Waals surface area contributed by atoms with Gasteiger partial charge in [0, 0.05) is 13.1 Å². The fraction of sp³-hybridized carbons (Fsp3) is 0.500. The number of aromatic nitrogens is 2. The van der Waals surface area contributed by atoms with Crippen molar-refractivity contribution in [3.63, 3.8) is 0 Å². The molecular weight excluding hydrogens is 377 g/mol. The average Bonchev–Trinajstić information content (AvgIpc) is 3.09. The summed E-state index contributed by atoms with van der Waals surface area (Å²) in [5, 5.41) is 11.4. The lowest BCUT2D eigenvalue weighted by Crippen LogP contribution is -2.41. The SMILES string of the molecule is Cc1ccc(CNC(=O)c2nnc(CN3CCC[C@@H](C(F)(F)F)C3)s2)cc1. The molecule has 2 heterocycles. The summed E-state index contributed by atoms with van der Waals surface area (Å²) in [6.45, 7) is 3.23. The lowest BCUT2D eigenvalue weighted by Gasteiger charge is -2.32. The molecule has 1 aliphatic rings. The summed E-state index contributed by atoms with van der Waals surface area (Å²) >= 11 is 1.12. The van der Waals surface area contributed by atoms with E-state index in [2.05, 4.69) is 15.5 Å². The quantitative estimate of drug-likeness (QED) is 0.837. The first-order valence-corrected chi connectivity index (χ1v) is 9.58. The minimum Gasteiger partial charge on any atom is -0.346 e. The van der Waals surface area contributed by atoms with Gasteiger partial charge in [-0.25, -0.2) is 0 Å². The topological polar surface area (TPSA) is 58.1 Å². The van der Waals surface area contributed by atoms with Crippen molar-refractivity contribution in [2.45, 2.75) is 39.0 Å². The Kier molecular flexibility index (Phi) is 6.11. The number of carbonyl (C=O) groups excluding carboxylic acids is 1. The third-order valence-electron chi connectivity index (χ3n) is 4.56. The molecule has 1 aliphatic heterocycles. The number of rotatable bonds is 5. The maximum Gasteiger partial charge on any atom is 0.393 e. The molecule has 1 aromatic heterocycles. The number of amides is 1. The molecule has 1 atom stereocenters. The molecule has 0 unspecified atom stereocenters. The largest absolute Gasteiger partial charge is 0.393 e. The molecule has 2 aromatic rings. The van der Waals surface area contributed by atoms with Crippen molar-refractivity contribution < 1.29 is 18.0 Å². The van der Waals surface area contributed by atoms with E-state index in [4.69, 9.17) is 0 Å². The van der Waals surface area contributed by atoms with E-state index in [-0.39, 0.29) is 30.4 Å². The van der Waals surface area contributed by atoms with Gasteiger partial charge in [0.05, 0.1) is 12.5 Å². The highest BCUT2D eigenvalue weighted by Gasteiger charge is 2.41. The number of halogens is 3. The Bertz CT molecular complexity index is 776. The summed E-state index contributed by atoms with van der Waals surface area (Å²) in [6, 6.07) is 7.82. The third kappa shape index (κ3) is 5.49. The van der Waals surface area contributed by atoms with Crippen LogP contribution in [-0.2, 0) is 13.1 Å². The van der Waals surface area contributed by atoms with Gasteiger partial charge >= 0.3 is 6.18 Å². The van der Waals surface area contributed by atoms with E-state index in [9.17, 15) is 18.0 Å². The third-order valence-corrected chi connectivity index (χ3v) is 5.47. The number of piperidine rings is 1. The minimum atomic E-state index is -4.17. The molecule has 3 rings (SSSR count). The molecule has 0 spiro atoms. The molecule has 1 aromatic carbocycles. The number of nitrogens with zero attached hydrogens (tertiary/aromatic N) is 3. The normalized spacial score (nSPS) is 18.4. The summed E-state index contributed by atoms with van der Waals surface area (Å²) in [7, 11) is 0. The number of nitrogens with one attached hydrogen (secondary N) is 1. The lowest BCUT2D eigenvalue weighted by molar-refractivity contribution is -0.187. The molecule has 0 saturated carbocycles. The Morgan fingerprint density at radius 3 is 2.74 bits per heavy atom. The smallest absolute Gasteiger partial charge is 0.346 e. The highest BCUT2D eigenvalue weighted by atomic mass is 32.1. The second kappa shape index (κ2) is 8.35. The molecule has 146 valence electrons. The number of likely N-dealkylation sites (tertiary alicyclic amines) is 1. The van der Waals surface area contributed by atoms with Crippen molar-refractivity contribution in [3.8, 4) is 0 Å². The van der Waals surface area contributed by atoms with Crippen molar-refractivity contribution in [3.05, 3.63) is 45.4 Å². The zero-order chi connectivity index (χ0) is 19.4. The number of hydrogen-bond acceptors (Lipinski definition) is 5. The van der Waals surface area contributed by atoms with Gasteiger partial charge < -0.3 is 5.32 Å². The van der Waals surface area contributed by atoms with Crippen LogP contribution in [0.3, 0.4) is 0 Å². The first kappa shape index (κ1) is 19.8. The number of aryl methyl sites for hydroxylation is 1. The van der Waals surface area contributed by atoms with E-state index in [1.165, 1.54) is 0 Å². The van der Waals surface area contributed by atoms with Gasteiger partial charge in [0.2, 0.25) is 5.01 Å². The molecule has 1 fully saturated rings. The van der Waals surface area contributed by atoms with Gasteiger partial charge in [-0.05, 0) is 31.9 Å². The van der Waals surface area contributed by atoms with Gasteiger partial charge in [-0.2, -0.15) is 13.2 Å². The van der Waals surface area contributed by atoms with E-state index in [0.29, 0.717) is 24.5 Å². The van der Waals surface area contributed by atoms with Gasteiger partial charge in [-0.15, -0.1) is 10.2 Å². The van der Waals surface area contributed by atoms with Crippen LogP contribution in [0.5, 0.6) is 0 Å². The number of carbonyl (C=O) groups is 1. The molecule has 9 heteroatoms. The standard InChI is InChI=1S/C18H21F3N4OS/c1-12-4-6-13(7-5-12)9-22-16(26)17-24-23-15(27-17)11-25-8-2-3-14(10-25)18(19,20)21/h4-7,14H,2-3,8-11H2,1H3,(H,22,26)/t14-/m1/s1. The highest BCUT2D eigenvalue weighted by molar-refractivity contribution is 7.13. The first-order chi connectivity index (χ1) is 12.8. The van der Waals surface area contributed by atoms with Crippen LogP contribution in [0, 0.1) is 12.8 Å². The van der Waals surface area contributed by atoms with E-state index in [0.717, 1.165) is 22.5 Å². The molecular formula is C18H21F3N4OS. The predicted octanol–water partition coefficient (Wildman–Crippen LogP) is 3.55. The number of benzene rings is 1. The molecule has 0 bridgehead atoms. The van der Waals surface area contributed by atoms with Crippen LogP contribution in [0.2, 0.25) is 0 Å². The molecule has 1 N–H and O–H groups in total. The summed E-state index contributed by atoms with van der Waals surface area (Å²) in [6.07, 6.45) is -3.49. The zero-order valence-corrected chi connectivity index (χ0v) is 15.7. The van der Waals surface area contributed by atoms with Crippen LogP contribution in [0.25, 0.3) is 0 Å². The molecule has 27 heavy (non-hydrogen) atoms. The monoisotopic (exact) mass is 398 g/mol. The maximum atomic E-state index is 12.9. The maximum absolute atomic E-state index is 12.9. The van der Waals surface area contributed by atoms with Crippen molar-refractivity contribution >= 4 is 17.2 Å². The minimum absolute atomic E-state index is 0.0297. The van der Waals surface area contributed by atoms with Gasteiger partial charge in [-0.3, -0.25) is 9.69 Å². The fourth-order valence-electron chi connectivity index (χ4n) is 3.03. The highest BCUT2D eigenvalue weighted by Crippen LogP contribution is 2.33. The Balaban J connectivity index is 1.53. The summed E-state index contributed by atoms with van der Waals surface area (Å²) < 4.78 is 38.7. The molecule has 0 radical (unpaired) electrons. The van der Waals surface area contributed by atoms with Crippen molar-refractivity contribution in [2.24, 2.45) is 5.92 Å². The number of hydrogen-bond donors (Lipinski definition) is 1. The van der Waals surface area contributed by atoms with Crippen LogP contribution < -0.4 is 5.32 Å². The van der Waals surface area contributed by atoms with Gasteiger partial charge in [-0.1, -0.05) is 41.2 Å².